The van der Waals surface area contributed by atoms with Crippen LogP contribution in [0.25, 0.3) is 0 Å². The summed E-state index contributed by atoms with van der Waals surface area (Å²) < 4.78 is 7.36. The van der Waals surface area contributed by atoms with E-state index in [0.29, 0.717) is 0 Å². The fourth-order valence-corrected chi connectivity index (χ4v) is 4.34. The standard InChI is InChI=1S/C17H22BrNO2/c18-12-4-5-16-14(10-12)15(20)11-17(21-16)6-8-19(9-7-17)13-2-1-3-13/h4-5,10,13,15,20H,1-3,6-9,11H2. The van der Waals surface area contributed by atoms with Crippen LogP contribution < -0.4 is 4.74 Å². The summed E-state index contributed by atoms with van der Waals surface area (Å²) in [6, 6.07) is 6.78. The molecule has 4 rings (SSSR count). The highest BCUT2D eigenvalue weighted by atomic mass is 79.9. The molecule has 114 valence electrons. The van der Waals surface area contributed by atoms with Crippen LogP contribution in [0.1, 0.15) is 50.2 Å². The first kappa shape index (κ1) is 14.0. The first-order valence-electron chi connectivity index (χ1n) is 8.06. The highest BCUT2D eigenvalue weighted by Gasteiger charge is 2.44. The maximum atomic E-state index is 10.5. The van der Waals surface area contributed by atoms with Crippen molar-refractivity contribution in [2.75, 3.05) is 13.1 Å². The third-order valence-corrected chi connectivity index (χ3v) is 6.02. The van der Waals surface area contributed by atoms with E-state index < -0.39 is 6.10 Å². The second kappa shape index (κ2) is 5.25. The number of halogens is 1. The summed E-state index contributed by atoms with van der Waals surface area (Å²) in [7, 11) is 0. The molecule has 1 unspecified atom stereocenters. The Balaban J connectivity index is 1.51. The van der Waals surface area contributed by atoms with Crippen molar-refractivity contribution in [1.29, 1.82) is 0 Å². The summed E-state index contributed by atoms with van der Waals surface area (Å²) >= 11 is 3.47. The van der Waals surface area contributed by atoms with Gasteiger partial charge in [-0.3, -0.25) is 0 Å². The zero-order valence-electron chi connectivity index (χ0n) is 12.2. The molecule has 1 spiro atoms. The van der Waals surface area contributed by atoms with Gasteiger partial charge in [-0.1, -0.05) is 22.4 Å². The summed E-state index contributed by atoms with van der Waals surface area (Å²) in [4.78, 5) is 2.63. The Labute approximate surface area is 134 Å². The number of aliphatic hydroxyl groups is 1. The summed E-state index contributed by atoms with van der Waals surface area (Å²) in [6.07, 6.45) is 6.53. The normalized spacial score (nSPS) is 28.8. The molecule has 21 heavy (non-hydrogen) atoms. The van der Waals surface area contributed by atoms with Crippen molar-refractivity contribution in [2.24, 2.45) is 0 Å². The zero-order chi connectivity index (χ0) is 14.4. The zero-order valence-corrected chi connectivity index (χ0v) is 13.8. The Morgan fingerprint density at radius 2 is 2.00 bits per heavy atom. The minimum Gasteiger partial charge on any atom is -0.487 e. The highest BCUT2D eigenvalue weighted by molar-refractivity contribution is 9.10. The number of nitrogens with zero attached hydrogens (tertiary/aromatic N) is 1. The Bertz CT molecular complexity index is 536. The second-order valence-electron chi connectivity index (χ2n) is 6.81. The van der Waals surface area contributed by atoms with Crippen molar-refractivity contribution in [3.8, 4) is 5.75 Å². The van der Waals surface area contributed by atoms with E-state index in [4.69, 9.17) is 4.74 Å². The van der Waals surface area contributed by atoms with E-state index >= 15 is 0 Å². The number of aliphatic hydroxyl groups excluding tert-OH is 1. The molecule has 2 aliphatic heterocycles. The quantitative estimate of drug-likeness (QED) is 0.838. The van der Waals surface area contributed by atoms with Gasteiger partial charge >= 0.3 is 0 Å². The van der Waals surface area contributed by atoms with Gasteiger partial charge in [0, 0.05) is 35.6 Å². The van der Waals surface area contributed by atoms with Crippen LogP contribution in [0.4, 0.5) is 0 Å². The lowest BCUT2D eigenvalue weighted by atomic mass is 9.80. The number of hydrogen-bond donors (Lipinski definition) is 1. The lowest BCUT2D eigenvalue weighted by Gasteiger charge is -2.49. The van der Waals surface area contributed by atoms with Crippen molar-refractivity contribution < 1.29 is 9.84 Å². The molecule has 1 aromatic carbocycles. The van der Waals surface area contributed by atoms with E-state index in [-0.39, 0.29) is 5.60 Å². The fourth-order valence-electron chi connectivity index (χ4n) is 3.96. The van der Waals surface area contributed by atoms with Gasteiger partial charge in [-0.05, 0) is 43.9 Å². The van der Waals surface area contributed by atoms with Crippen molar-refractivity contribution >= 4 is 15.9 Å². The molecule has 1 N–H and O–H groups in total. The van der Waals surface area contributed by atoms with E-state index in [1.165, 1.54) is 19.3 Å². The first-order valence-corrected chi connectivity index (χ1v) is 8.85. The molecular weight excluding hydrogens is 330 g/mol. The number of likely N-dealkylation sites (tertiary alicyclic amines) is 1. The van der Waals surface area contributed by atoms with Gasteiger partial charge in [0.05, 0.1) is 6.10 Å². The SMILES string of the molecule is OC1CC2(CCN(C3CCC3)CC2)Oc2ccc(Br)cc21. The van der Waals surface area contributed by atoms with E-state index in [0.717, 1.165) is 54.2 Å². The summed E-state index contributed by atoms with van der Waals surface area (Å²) in [5, 5.41) is 10.5. The minimum absolute atomic E-state index is 0.152. The average Bonchev–Trinajstić information content (AvgIpc) is 2.41. The predicted molar refractivity (Wildman–Crippen MR) is 85.5 cm³/mol. The number of fused-ring (bicyclic) bond motifs is 1. The predicted octanol–water partition coefficient (Wildman–Crippen LogP) is 3.65. The van der Waals surface area contributed by atoms with E-state index in [1.807, 2.05) is 18.2 Å². The van der Waals surface area contributed by atoms with Gasteiger partial charge in [0.25, 0.3) is 0 Å². The first-order chi connectivity index (χ1) is 10.2. The molecule has 3 aliphatic rings. The van der Waals surface area contributed by atoms with Crippen molar-refractivity contribution in [3.05, 3.63) is 28.2 Å². The van der Waals surface area contributed by atoms with E-state index in [2.05, 4.69) is 20.8 Å². The number of rotatable bonds is 1. The monoisotopic (exact) mass is 351 g/mol. The maximum Gasteiger partial charge on any atom is 0.126 e. The van der Waals surface area contributed by atoms with Gasteiger partial charge in [-0.2, -0.15) is 0 Å². The minimum atomic E-state index is -0.401. The smallest absolute Gasteiger partial charge is 0.126 e. The summed E-state index contributed by atoms with van der Waals surface area (Å²) in [5.74, 6) is 0.869. The highest BCUT2D eigenvalue weighted by Crippen LogP contribution is 2.45. The third-order valence-electron chi connectivity index (χ3n) is 5.52. The van der Waals surface area contributed by atoms with Gasteiger partial charge in [0.15, 0.2) is 0 Å². The molecule has 2 heterocycles. The Morgan fingerprint density at radius 1 is 1.24 bits per heavy atom. The maximum absolute atomic E-state index is 10.5. The fraction of sp³-hybridized carbons (Fsp3) is 0.647. The van der Waals surface area contributed by atoms with E-state index in [1.54, 1.807) is 0 Å². The molecule has 3 nitrogen and oxygen atoms in total. The van der Waals surface area contributed by atoms with Crippen LogP contribution in [0.2, 0.25) is 0 Å². The Kier molecular flexibility index (Phi) is 3.51. The van der Waals surface area contributed by atoms with Gasteiger partial charge in [0.2, 0.25) is 0 Å². The molecule has 0 amide bonds. The molecule has 2 fully saturated rings. The summed E-state index contributed by atoms with van der Waals surface area (Å²) in [6.45, 7) is 2.23. The van der Waals surface area contributed by atoms with Crippen molar-refractivity contribution in [2.45, 2.75) is 56.3 Å². The molecular formula is C17H22BrNO2. The van der Waals surface area contributed by atoms with Crippen LogP contribution in [-0.4, -0.2) is 34.7 Å². The van der Waals surface area contributed by atoms with Crippen molar-refractivity contribution in [3.63, 3.8) is 0 Å². The lowest BCUT2D eigenvalue weighted by molar-refractivity contribution is -0.0654. The second-order valence-corrected chi connectivity index (χ2v) is 7.72. The van der Waals surface area contributed by atoms with Crippen molar-refractivity contribution in [1.82, 2.24) is 4.90 Å². The molecule has 1 atom stereocenters. The molecule has 1 aromatic rings. The molecule has 0 aromatic heterocycles. The van der Waals surface area contributed by atoms with E-state index in [9.17, 15) is 5.11 Å². The van der Waals surface area contributed by atoms with Gasteiger partial charge < -0.3 is 14.7 Å². The number of ether oxygens (including phenoxy) is 1. The van der Waals surface area contributed by atoms with Crippen LogP contribution in [0.3, 0.4) is 0 Å². The molecule has 0 bridgehead atoms. The molecule has 1 saturated heterocycles. The van der Waals surface area contributed by atoms with Crippen LogP contribution in [0, 0.1) is 0 Å². The van der Waals surface area contributed by atoms with Crippen LogP contribution in [0.15, 0.2) is 22.7 Å². The van der Waals surface area contributed by atoms with Crippen LogP contribution in [-0.2, 0) is 0 Å². The lowest BCUT2D eigenvalue weighted by Crippen LogP contribution is -2.54. The molecule has 0 radical (unpaired) electrons. The Hall–Kier alpha value is -0.580. The molecule has 4 heteroatoms. The number of hydrogen-bond acceptors (Lipinski definition) is 3. The molecule has 1 saturated carbocycles. The average molecular weight is 352 g/mol. The van der Waals surface area contributed by atoms with Crippen LogP contribution in [0.5, 0.6) is 5.75 Å². The van der Waals surface area contributed by atoms with Gasteiger partial charge in [0.1, 0.15) is 11.4 Å². The number of piperidine rings is 1. The molecule has 1 aliphatic carbocycles. The Morgan fingerprint density at radius 3 is 2.67 bits per heavy atom. The van der Waals surface area contributed by atoms with Gasteiger partial charge in [-0.15, -0.1) is 0 Å². The van der Waals surface area contributed by atoms with Crippen LogP contribution >= 0.6 is 15.9 Å². The largest absolute Gasteiger partial charge is 0.487 e. The summed E-state index contributed by atoms with van der Waals surface area (Å²) in [5.41, 5.74) is 0.775. The third kappa shape index (κ3) is 2.51. The number of benzene rings is 1. The van der Waals surface area contributed by atoms with Gasteiger partial charge in [-0.25, -0.2) is 0 Å². The topological polar surface area (TPSA) is 32.7 Å².